The van der Waals surface area contributed by atoms with Crippen LogP contribution in [0.3, 0.4) is 0 Å². The summed E-state index contributed by atoms with van der Waals surface area (Å²) < 4.78 is 5.65. The zero-order valence-corrected chi connectivity index (χ0v) is 9.75. The van der Waals surface area contributed by atoms with Crippen molar-refractivity contribution in [1.29, 1.82) is 0 Å². The molecule has 0 fully saturated rings. The molecule has 0 saturated heterocycles. The first-order valence-electron chi connectivity index (χ1n) is 5.57. The molecule has 2 aromatic heterocycles. The van der Waals surface area contributed by atoms with Gasteiger partial charge in [-0.25, -0.2) is 4.98 Å². The van der Waals surface area contributed by atoms with Crippen molar-refractivity contribution < 1.29 is 9.21 Å². The minimum atomic E-state index is -0.0573. The van der Waals surface area contributed by atoms with E-state index in [0.717, 1.165) is 5.56 Å². The highest BCUT2D eigenvalue weighted by molar-refractivity contribution is 6.03. The van der Waals surface area contributed by atoms with Crippen LogP contribution in [-0.2, 0) is 0 Å². The largest absolute Gasteiger partial charge is 0.434 e. The van der Waals surface area contributed by atoms with Gasteiger partial charge in [0, 0.05) is 11.8 Å². The summed E-state index contributed by atoms with van der Waals surface area (Å²) in [7, 11) is 0. The van der Waals surface area contributed by atoms with Crippen LogP contribution in [-0.4, -0.2) is 15.8 Å². The van der Waals surface area contributed by atoms with Gasteiger partial charge in [0.25, 0.3) is 0 Å². The molecule has 0 unspecified atom stereocenters. The summed E-state index contributed by atoms with van der Waals surface area (Å²) in [5, 5.41) is 0. The minimum absolute atomic E-state index is 0.0573. The van der Waals surface area contributed by atoms with E-state index in [4.69, 9.17) is 4.42 Å². The lowest BCUT2D eigenvalue weighted by Gasteiger charge is -1.94. The monoisotopic (exact) mass is 238 g/mol. The summed E-state index contributed by atoms with van der Waals surface area (Å²) >= 11 is 0. The first kappa shape index (κ1) is 10.7. The van der Waals surface area contributed by atoms with E-state index < -0.39 is 0 Å². The molecular weight excluding hydrogens is 228 g/mol. The number of rotatable bonds is 2. The van der Waals surface area contributed by atoms with Crippen LogP contribution in [0.1, 0.15) is 17.3 Å². The fourth-order valence-corrected chi connectivity index (χ4v) is 1.81. The van der Waals surface area contributed by atoms with E-state index in [1.165, 1.54) is 6.92 Å². The van der Waals surface area contributed by atoms with E-state index in [-0.39, 0.29) is 5.78 Å². The lowest BCUT2D eigenvalue weighted by Crippen LogP contribution is -1.92. The molecule has 0 amide bonds. The van der Waals surface area contributed by atoms with E-state index in [9.17, 15) is 4.79 Å². The molecule has 0 spiro atoms. The molecule has 0 radical (unpaired) electrons. The van der Waals surface area contributed by atoms with Crippen molar-refractivity contribution >= 4 is 17.0 Å². The summed E-state index contributed by atoms with van der Waals surface area (Å²) in [6.45, 7) is 1.50. The van der Waals surface area contributed by atoms with Gasteiger partial charge in [-0.2, -0.15) is 4.98 Å². The Kier molecular flexibility index (Phi) is 2.41. The lowest BCUT2D eigenvalue weighted by molar-refractivity contribution is 0.101. The number of fused-ring (bicyclic) bond motifs is 1. The summed E-state index contributed by atoms with van der Waals surface area (Å²) in [5.74, 6) is 0.421. The first-order chi connectivity index (χ1) is 8.75. The smallest absolute Gasteiger partial charge is 0.228 e. The number of carbonyl (C=O) groups excluding carboxylic acids is 1. The molecule has 0 bridgehead atoms. The normalized spacial score (nSPS) is 10.7. The van der Waals surface area contributed by atoms with Gasteiger partial charge in [0.2, 0.25) is 5.89 Å². The van der Waals surface area contributed by atoms with Crippen LogP contribution in [0, 0.1) is 0 Å². The molecule has 0 aliphatic carbocycles. The molecule has 3 rings (SSSR count). The summed E-state index contributed by atoms with van der Waals surface area (Å²) in [5.41, 5.74) is 2.28. The third kappa shape index (κ3) is 1.68. The molecule has 0 aliphatic rings. The Morgan fingerprint density at radius 2 is 1.94 bits per heavy atom. The van der Waals surface area contributed by atoms with Gasteiger partial charge in [-0.05, 0) is 25.1 Å². The molecule has 4 nitrogen and oxygen atoms in total. The van der Waals surface area contributed by atoms with Crippen LogP contribution in [0.25, 0.3) is 22.7 Å². The number of carbonyl (C=O) groups is 1. The molecule has 18 heavy (non-hydrogen) atoms. The molecule has 0 N–H and O–H groups in total. The SMILES string of the molecule is CC(=O)c1ccnc2nc(-c3ccccc3)oc12. The summed E-state index contributed by atoms with van der Waals surface area (Å²) in [6.07, 6.45) is 1.57. The average molecular weight is 238 g/mol. The second kappa shape index (κ2) is 4.07. The third-order valence-corrected chi connectivity index (χ3v) is 2.69. The number of Topliss-reactive ketones (excluding diaryl/α,β-unsaturated/α-hetero) is 1. The molecule has 0 saturated carbocycles. The van der Waals surface area contributed by atoms with Crippen LogP contribution in [0.2, 0.25) is 0 Å². The Bertz CT molecular complexity index is 717. The predicted octanol–water partition coefficient (Wildman–Crippen LogP) is 3.09. The quantitative estimate of drug-likeness (QED) is 0.644. The topological polar surface area (TPSA) is 56.0 Å². The number of ketones is 1. The van der Waals surface area contributed by atoms with Crippen LogP contribution < -0.4 is 0 Å². The number of oxazole rings is 1. The maximum atomic E-state index is 11.5. The summed E-state index contributed by atoms with van der Waals surface area (Å²) in [6, 6.07) is 11.2. The number of hydrogen-bond donors (Lipinski definition) is 0. The zero-order chi connectivity index (χ0) is 12.5. The minimum Gasteiger partial charge on any atom is -0.434 e. The van der Waals surface area contributed by atoms with Crippen molar-refractivity contribution in [3.63, 3.8) is 0 Å². The molecular formula is C14H10N2O2. The number of benzene rings is 1. The molecule has 0 aliphatic heterocycles. The zero-order valence-electron chi connectivity index (χ0n) is 9.75. The van der Waals surface area contributed by atoms with Crippen molar-refractivity contribution in [3.05, 3.63) is 48.2 Å². The van der Waals surface area contributed by atoms with E-state index in [0.29, 0.717) is 22.7 Å². The van der Waals surface area contributed by atoms with Crippen molar-refractivity contribution in [3.8, 4) is 11.5 Å². The van der Waals surface area contributed by atoms with Crippen LogP contribution >= 0.6 is 0 Å². The van der Waals surface area contributed by atoms with Crippen molar-refractivity contribution in [2.45, 2.75) is 6.92 Å². The van der Waals surface area contributed by atoms with Gasteiger partial charge >= 0.3 is 0 Å². The van der Waals surface area contributed by atoms with Crippen LogP contribution in [0.15, 0.2) is 47.0 Å². The number of pyridine rings is 1. The Morgan fingerprint density at radius 3 is 2.67 bits per heavy atom. The van der Waals surface area contributed by atoms with Gasteiger partial charge in [-0.3, -0.25) is 4.79 Å². The Morgan fingerprint density at radius 1 is 1.17 bits per heavy atom. The molecule has 3 aromatic rings. The second-order valence-corrected chi connectivity index (χ2v) is 3.95. The fraction of sp³-hybridized carbons (Fsp3) is 0.0714. The molecule has 4 heteroatoms. The van der Waals surface area contributed by atoms with Crippen molar-refractivity contribution in [2.24, 2.45) is 0 Å². The third-order valence-electron chi connectivity index (χ3n) is 2.69. The number of hydrogen-bond acceptors (Lipinski definition) is 4. The molecule has 0 atom stereocenters. The molecule has 1 aromatic carbocycles. The van der Waals surface area contributed by atoms with E-state index in [1.54, 1.807) is 12.3 Å². The lowest BCUT2D eigenvalue weighted by atomic mass is 10.2. The number of aromatic nitrogens is 2. The maximum Gasteiger partial charge on any atom is 0.228 e. The van der Waals surface area contributed by atoms with E-state index in [1.807, 2.05) is 30.3 Å². The van der Waals surface area contributed by atoms with Crippen molar-refractivity contribution in [1.82, 2.24) is 9.97 Å². The fourth-order valence-electron chi connectivity index (χ4n) is 1.81. The van der Waals surface area contributed by atoms with Gasteiger partial charge in [-0.15, -0.1) is 0 Å². The van der Waals surface area contributed by atoms with Gasteiger partial charge in [0.05, 0.1) is 5.56 Å². The molecule has 88 valence electrons. The first-order valence-corrected chi connectivity index (χ1v) is 5.57. The number of nitrogens with zero attached hydrogens (tertiary/aromatic N) is 2. The van der Waals surface area contributed by atoms with Crippen molar-refractivity contribution in [2.75, 3.05) is 0 Å². The highest BCUT2D eigenvalue weighted by Crippen LogP contribution is 2.25. The van der Waals surface area contributed by atoms with E-state index >= 15 is 0 Å². The Balaban J connectivity index is 2.23. The second-order valence-electron chi connectivity index (χ2n) is 3.95. The predicted molar refractivity (Wildman–Crippen MR) is 67.2 cm³/mol. The Labute approximate surface area is 103 Å². The average Bonchev–Trinajstić information content (AvgIpc) is 2.83. The van der Waals surface area contributed by atoms with E-state index in [2.05, 4.69) is 9.97 Å². The van der Waals surface area contributed by atoms with Gasteiger partial charge in [0.15, 0.2) is 17.0 Å². The summed E-state index contributed by atoms with van der Waals surface area (Å²) in [4.78, 5) is 19.9. The van der Waals surface area contributed by atoms with Crippen LogP contribution in [0.4, 0.5) is 0 Å². The van der Waals surface area contributed by atoms with Gasteiger partial charge in [-0.1, -0.05) is 18.2 Å². The highest BCUT2D eigenvalue weighted by Gasteiger charge is 2.14. The van der Waals surface area contributed by atoms with Gasteiger partial charge < -0.3 is 4.42 Å². The van der Waals surface area contributed by atoms with Crippen LogP contribution in [0.5, 0.6) is 0 Å². The highest BCUT2D eigenvalue weighted by atomic mass is 16.3. The standard InChI is InChI=1S/C14H10N2O2/c1-9(17)11-7-8-15-13-12(11)18-14(16-13)10-5-3-2-4-6-10/h2-8H,1H3. The van der Waals surface area contributed by atoms with Gasteiger partial charge in [0.1, 0.15) is 0 Å². The maximum absolute atomic E-state index is 11.5. The molecule has 2 heterocycles. The Hall–Kier alpha value is -2.49.